The van der Waals surface area contributed by atoms with Gasteiger partial charge in [0.2, 0.25) is 5.91 Å². The summed E-state index contributed by atoms with van der Waals surface area (Å²) in [7, 11) is 0. The molecule has 1 aliphatic rings. The van der Waals surface area contributed by atoms with E-state index in [1.165, 1.54) is 0 Å². The summed E-state index contributed by atoms with van der Waals surface area (Å²) in [6.45, 7) is 2.15. The number of carbonyl (C=O) groups is 3. The summed E-state index contributed by atoms with van der Waals surface area (Å²) < 4.78 is 4.97. The third kappa shape index (κ3) is 5.16. The first kappa shape index (κ1) is 16.4. The van der Waals surface area contributed by atoms with Gasteiger partial charge in [-0.25, -0.2) is 0 Å². The van der Waals surface area contributed by atoms with Crippen LogP contribution in [0.5, 0.6) is 0 Å². The largest absolute Gasteiger partial charge is 0.481 e. The summed E-state index contributed by atoms with van der Waals surface area (Å²) in [6, 6.07) is -1.08. The van der Waals surface area contributed by atoms with Crippen molar-refractivity contribution in [3.05, 3.63) is 0 Å². The smallest absolute Gasteiger partial charge is 0.308 e. The van der Waals surface area contributed by atoms with Gasteiger partial charge in [-0.3, -0.25) is 14.4 Å². The quantitative estimate of drug-likeness (QED) is 0.593. The molecule has 1 unspecified atom stereocenters. The summed E-state index contributed by atoms with van der Waals surface area (Å²) in [4.78, 5) is 33.7. The Labute approximate surface area is 117 Å². The predicted molar refractivity (Wildman–Crippen MR) is 70.7 cm³/mol. The highest BCUT2D eigenvalue weighted by Gasteiger charge is 2.29. The van der Waals surface area contributed by atoms with Crippen molar-refractivity contribution >= 4 is 17.8 Å². The lowest BCUT2D eigenvalue weighted by molar-refractivity contribution is -0.149. The molecule has 0 aromatic heterocycles. The molecule has 1 fully saturated rings. The van der Waals surface area contributed by atoms with Gasteiger partial charge in [0, 0.05) is 6.04 Å². The van der Waals surface area contributed by atoms with Gasteiger partial charge in [0.25, 0.3) is 0 Å². The summed E-state index contributed by atoms with van der Waals surface area (Å²) in [5, 5.41) is 11.3. The number of carboxylic acid groups (broad SMARTS) is 1. The van der Waals surface area contributed by atoms with E-state index in [4.69, 9.17) is 15.6 Å². The second-order valence-electron chi connectivity index (χ2n) is 5.01. The third-order valence-corrected chi connectivity index (χ3v) is 3.42. The Morgan fingerprint density at radius 1 is 1.30 bits per heavy atom. The highest BCUT2D eigenvalue weighted by molar-refractivity contribution is 5.86. The molecule has 0 aromatic carbocycles. The SMILES string of the molecule is CCOC(=O)C1CCC(NC(=O)C(N)CC(=O)O)CC1. The number of amides is 1. The Balaban J connectivity index is 2.33. The standard InChI is InChI=1S/C13H22N2O5/c1-2-20-13(19)8-3-5-9(6-4-8)15-12(18)10(14)7-11(16)17/h8-10H,2-7,14H2,1H3,(H,15,18)(H,16,17). The van der Waals surface area contributed by atoms with E-state index in [0.717, 1.165) is 0 Å². The van der Waals surface area contributed by atoms with Crippen molar-refractivity contribution in [2.75, 3.05) is 6.61 Å². The number of hydrogen-bond donors (Lipinski definition) is 3. The average molecular weight is 286 g/mol. The maximum Gasteiger partial charge on any atom is 0.308 e. The van der Waals surface area contributed by atoms with Gasteiger partial charge in [0.05, 0.1) is 25.0 Å². The van der Waals surface area contributed by atoms with Crippen LogP contribution in [0.4, 0.5) is 0 Å². The summed E-state index contributed by atoms with van der Waals surface area (Å²) in [5.74, 6) is -1.83. The van der Waals surface area contributed by atoms with Crippen LogP contribution in [0.2, 0.25) is 0 Å². The minimum atomic E-state index is -1.10. The molecule has 20 heavy (non-hydrogen) atoms. The van der Waals surface area contributed by atoms with Crippen LogP contribution >= 0.6 is 0 Å². The normalized spacial score (nSPS) is 23.7. The van der Waals surface area contributed by atoms with Crippen LogP contribution in [0, 0.1) is 5.92 Å². The molecule has 114 valence electrons. The average Bonchev–Trinajstić information content (AvgIpc) is 2.39. The van der Waals surface area contributed by atoms with E-state index in [1.807, 2.05) is 0 Å². The van der Waals surface area contributed by atoms with Gasteiger partial charge in [-0.1, -0.05) is 0 Å². The lowest BCUT2D eigenvalue weighted by Crippen LogP contribution is -2.47. The number of aliphatic carboxylic acids is 1. The number of hydrogen-bond acceptors (Lipinski definition) is 5. The molecule has 1 rings (SSSR count). The first-order chi connectivity index (χ1) is 9.43. The molecule has 1 saturated carbocycles. The number of carboxylic acids is 1. The van der Waals surface area contributed by atoms with Gasteiger partial charge < -0.3 is 20.9 Å². The molecular formula is C13H22N2O5. The van der Waals surface area contributed by atoms with Gasteiger partial charge in [-0.15, -0.1) is 0 Å². The molecule has 7 heteroatoms. The minimum Gasteiger partial charge on any atom is -0.481 e. The molecule has 1 atom stereocenters. The van der Waals surface area contributed by atoms with Crippen molar-refractivity contribution in [3.8, 4) is 0 Å². The van der Waals surface area contributed by atoms with Gasteiger partial charge in [0.1, 0.15) is 0 Å². The minimum absolute atomic E-state index is 0.0481. The molecule has 0 saturated heterocycles. The van der Waals surface area contributed by atoms with Gasteiger partial charge >= 0.3 is 11.9 Å². The van der Waals surface area contributed by atoms with Crippen molar-refractivity contribution in [2.45, 2.75) is 51.1 Å². The first-order valence-electron chi connectivity index (χ1n) is 6.88. The van der Waals surface area contributed by atoms with E-state index < -0.39 is 17.9 Å². The maximum atomic E-state index is 11.7. The Morgan fingerprint density at radius 3 is 2.40 bits per heavy atom. The number of esters is 1. The molecule has 1 amide bonds. The van der Waals surface area contributed by atoms with Crippen molar-refractivity contribution in [3.63, 3.8) is 0 Å². The van der Waals surface area contributed by atoms with Crippen molar-refractivity contribution in [1.82, 2.24) is 5.32 Å². The number of nitrogens with two attached hydrogens (primary N) is 1. The van der Waals surface area contributed by atoms with E-state index in [-0.39, 0.29) is 24.3 Å². The molecule has 0 spiro atoms. The molecule has 1 aliphatic carbocycles. The first-order valence-corrected chi connectivity index (χ1v) is 6.88. The lowest BCUT2D eigenvalue weighted by atomic mass is 9.86. The van der Waals surface area contributed by atoms with Crippen LogP contribution in [0.15, 0.2) is 0 Å². The van der Waals surface area contributed by atoms with Crippen molar-refractivity contribution in [2.24, 2.45) is 11.7 Å². The Kier molecular flexibility index (Phi) is 6.44. The van der Waals surface area contributed by atoms with Crippen LogP contribution < -0.4 is 11.1 Å². The molecule has 0 aromatic rings. The van der Waals surface area contributed by atoms with Crippen LogP contribution in [-0.2, 0) is 19.1 Å². The monoisotopic (exact) mass is 286 g/mol. The third-order valence-electron chi connectivity index (χ3n) is 3.42. The van der Waals surface area contributed by atoms with Crippen molar-refractivity contribution < 1.29 is 24.2 Å². The lowest BCUT2D eigenvalue weighted by Gasteiger charge is -2.28. The highest BCUT2D eigenvalue weighted by Crippen LogP contribution is 2.25. The fourth-order valence-corrected chi connectivity index (χ4v) is 2.32. The molecule has 0 radical (unpaired) electrons. The van der Waals surface area contributed by atoms with Gasteiger partial charge in [0.15, 0.2) is 0 Å². The van der Waals surface area contributed by atoms with E-state index in [0.29, 0.717) is 32.3 Å². The molecule has 7 nitrogen and oxygen atoms in total. The van der Waals surface area contributed by atoms with E-state index in [1.54, 1.807) is 6.92 Å². The van der Waals surface area contributed by atoms with Crippen LogP contribution in [0.3, 0.4) is 0 Å². The highest BCUT2D eigenvalue weighted by atomic mass is 16.5. The molecule has 4 N–H and O–H groups in total. The predicted octanol–water partition coefficient (Wildman–Crippen LogP) is 0.0265. The van der Waals surface area contributed by atoms with Crippen LogP contribution in [0.25, 0.3) is 0 Å². The Bertz CT molecular complexity index is 364. The maximum absolute atomic E-state index is 11.7. The number of carbonyl (C=O) groups excluding carboxylic acids is 2. The second kappa shape index (κ2) is 7.84. The summed E-state index contributed by atoms with van der Waals surface area (Å²) in [5.41, 5.74) is 5.48. The van der Waals surface area contributed by atoms with Crippen LogP contribution in [-0.4, -0.2) is 41.6 Å². The van der Waals surface area contributed by atoms with Gasteiger partial charge in [-0.2, -0.15) is 0 Å². The van der Waals surface area contributed by atoms with Crippen LogP contribution in [0.1, 0.15) is 39.0 Å². The molecular weight excluding hydrogens is 264 g/mol. The zero-order valence-corrected chi connectivity index (χ0v) is 11.6. The van der Waals surface area contributed by atoms with E-state index in [2.05, 4.69) is 5.32 Å². The fourth-order valence-electron chi connectivity index (χ4n) is 2.32. The van der Waals surface area contributed by atoms with Crippen molar-refractivity contribution in [1.29, 1.82) is 0 Å². The number of ether oxygens (including phenoxy) is 1. The molecule has 0 aliphatic heterocycles. The summed E-state index contributed by atoms with van der Waals surface area (Å²) >= 11 is 0. The Hall–Kier alpha value is -1.63. The zero-order valence-electron chi connectivity index (χ0n) is 11.6. The molecule has 0 heterocycles. The number of rotatable bonds is 6. The summed E-state index contributed by atoms with van der Waals surface area (Å²) in [6.07, 6.45) is 2.30. The Morgan fingerprint density at radius 2 is 1.90 bits per heavy atom. The van der Waals surface area contributed by atoms with E-state index in [9.17, 15) is 14.4 Å². The molecule has 0 bridgehead atoms. The zero-order chi connectivity index (χ0) is 15.1. The topological polar surface area (TPSA) is 119 Å². The fraction of sp³-hybridized carbons (Fsp3) is 0.769. The second-order valence-corrected chi connectivity index (χ2v) is 5.01. The number of nitrogens with one attached hydrogen (secondary N) is 1. The van der Waals surface area contributed by atoms with Gasteiger partial charge in [-0.05, 0) is 32.6 Å². The van der Waals surface area contributed by atoms with E-state index >= 15 is 0 Å².